The number of benzene rings is 1. The summed E-state index contributed by atoms with van der Waals surface area (Å²) in [6.07, 6.45) is 9.51. The first-order chi connectivity index (χ1) is 9.74. The lowest BCUT2D eigenvalue weighted by Gasteiger charge is -2.23. The van der Waals surface area contributed by atoms with E-state index in [9.17, 15) is 4.39 Å². The van der Waals surface area contributed by atoms with Crippen LogP contribution in [0.4, 0.5) is 4.39 Å². The van der Waals surface area contributed by atoms with Gasteiger partial charge in [0, 0.05) is 0 Å². The molecule has 1 unspecified atom stereocenters. The number of hydrogen-bond donors (Lipinski definition) is 1. The molecule has 110 valence electrons. The van der Waals surface area contributed by atoms with Crippen molar-refractivity contribution >= 4 is 15.9 Å². The fourth-order valence-electron chi connectivity index (χ4n) is 2.77. The van der Waals surface area contributed by atoms with Crippen LogP contribution in [0, 0.1) is 5.82 Å². The fourth-order valence-corrected chi connectivity index (χ4v) is 3.27. The Labute approximate surface area is 129 Å². The van der Waals surface area contributed by atoms with Crippen LogP contribution in [0.2, 0.25) is 0 Å². The van der Waals surface area contributed by atoms with Gasteiger partial charge in [0.05, 0.1) is 10.5 Å². The van der Waals surface area contributed by atoms with Crippen LogP contribution in [0.3, 0.4) is 0 Å². The molecule has 1 aliphatic rings. The van der Waals surface area contributed by atoms with Crippen molar-refractivity contribution in [2.45, 2.75) is 51.5 Å². The van der Waals surface area contributed by atoms with Gasteiger partial charge in [0.1, 0.15) is 5.82 Å². The summed E-state index contributed by atoms with van der Waals surface area (Å²) in [4.78, 5) is 0. The molecule has 3 heteroatoms. The van der Waals surface area contributed by atoms with Crippen LogP contribution in [-0.2, 0) is 0 Å². The third kappa shape index (κ3) is 3.92. The molecule has 0 heterocycles. The highest BCUT2D eigenvalue weighted by atomic mass is 79.9. The first-order valence-corrected chi connectivity index (χ1v) is 8.39. The lowest BCUT2D eigenvalue weighted by atomic mass is 9.95. The third-order valence-corrected chi connectivity index (χ3v) is 4.67. The largest absolute Gasteiger partial charge is 0.306 e. The molecule has 1 aromatic rings. The Hall–Kier alpha value is -0.670. The van der Waals surface area contributed by atoms with Crippen molar-refractivity contribution in [2.24, 2.45) is 0 Å². The highest BCUT2D eigenvalue weighted by molar-refractivity contribution is 9.10. The molecule has 2 rings (SSSR count). The summed E-state index contributed by atoms with van der Waals surface area (Å²) in [7, 11) is 0. The van der Waals surface area contributed by atoms with Gasteiger partial charge in [-0.3, -0.25) is 0 Å². The van der Waals surface area contributed by atoms with E-state index in [1.54, 1.807) is 6.07 Å². The normalized spacial score (nSPS) is 17.4. The van der Waals surface area contributed by atoms with E-state index in [2.05, 4.69) is 34.2 Å². The molecule has 1 nitrogen and oxygen atoms in total. The molecular formula is C17H23BrFN. The van der Waals surface area contributed by atoms with Gasteiger partial charge in [-0.05, 0) is 66.2 Å². The van der Waals surface area contributed by atoms with Crippen molar-refractivity contribution in [3.8, 4) is 0 Å². The second-order valence-corrected chi connectivity index (χ2v) is 6.20. The van der Waals surface area contributed by atoms with Crippen molar-refractivity contribution in [2.75, 3.05) is 6.54 Å². The van der Waals surface area contributed by atoms with E-state index in [4.69, 9.17) is 0 Å². The Kier molecular flexibility index (Phi) is 6.24. The van der Waals surface area contributed by atoms with Gasteiger partial charge in [0.25, 0.3) is 0 Å². The molecule has 0 saturated heterocycles. The van der Waals surface area contributed by atoms with Gasteiger partial charge in [0.15, 0.2) is 0 Å². The van der Waals surface area contributed by atoms with Gasteiger partial charge in [-0.25, -0.2) is 4.39 Å². The van der Waals surface area contributed by atoms with E-state index >= 15 is 0 Å². The number of nitrogens with one attached hydrogen (secondary N) is 1. The molecule has 1 aliphatic carbocycles. The monoisotopic (exact) mass is 339 g/mol. The minimum atomic E-state index is -0.181. The topological polar surface area (TPSA) is 12.0 Å². The van der Waals surface area contributed by atoms with E-state index in [1.807, 2.05) is 6.07 Å². The Bertz CT molecular complexity index is 470. The average Bonchev–Trinajstić information content (AvgIpc) is 2.73. The maximum atomic E-state index is 13.8. The van der Waals surface area contributed by atoms with Crippen molar-refractivity contribution in [1.82, 2.24) is 5.32 Å². The maximum Gasteiger partial charge on any atom is 0.137 e. The van der Waals surface area contributed by atoms with Crippen LogP contribution < -0.4 is 5.32 Å². The number of hydrogen-bond acceptors (Lipinski definition) is 1. The highest BCUT2D eigenvalue weighted by Crippen LogP contribution is 2.34. The molecule has 1 aromatic carbocycles. The maximum absolute atomic E-state index is 13.8. The first-order valence-electron chi connectivity index (χ1n) is 7.60. The lowest BCUT2D eigenvalue weighted by Crippen LogP contribution is -2.24. The lowest BCUT2D eigenvalue weighted by molar-refractivity contribution is 0.556. The van der Waals surface area contributed by atoms with Gasteiger partial charge >= 0.3 is 0 Å². The number of allylic oxidation sites excluding steroid dienone is 1. The molecule has 1 N–H and O–H groups in total. The molecule has 0 aliphatic heterocycles. The van der Waals surface area contributed by atoms with Crippen molar-refractivity contribution < 1.29 is 4.39 Å². The zero-order chi connectivity index (χ0) is 14.4. The van der Waals surface area contributed by atoms with E-state index < -0.39 is 0 Å². The van der Waals surface area contributed by atoms with Crippen LogP contribution in [0.25, 0.3) is 0 Å². The van der Waals surface area contributed by atoms with Gasteiger partial charge in [-0.15, -0.1) is 0 Å². The van der Waals surface area contributed by atoms with Crippen molar-refractivity contribution in [3.05, 3.63) is 45.7 Å². The minimum Gasteiger partial charge on any atom is -0.306 e. The van der Waals surface area contributed by atoms with Crippen LogP contribution in [-0.4, -0.2) is 6.54 Å². The molecular weight excluding hydrogens is 317 g/mol. The predicted molar refractivity (Wildman–Crippen MR) is 86.3 cm³/mol. The van der Waals surface area contributed by atoms with Gasteiger partial charge in [-0.2, -0.15) is 0 Å². The summed E-state index contributed by atoms with van der Waals surface area (Å²) in [5.74, 6) is -0.181. The summed E-state index contributed by atoms with van der Waals surface area (Å²) in [5, 5.41) is 3.59. The first kappa shape index (κ1) is 15.7. The summed E-state index contributed by atoms with van der Waals surface area (Å²) in [6, 6.07) is 5.46. The van der Waals surface area contributed by atoms with Crippen LogP contribution in [0.1, 0.15) is 57.1 Å². The summed E-state index contributed by atoms with van der Waals surface area (Å²) >= 11 is 3.42. The summed E-state index contributed by atoms with van der Waals surface area (Å²) < 4.78 is 14.4. The Balaban J connectivity index is 2.30. The third-order valence-electron chi connectivity index (χ3n) is 3.84. The van der Waals surface area contributed by atoms with E-state index in [1.165, 1.54) is 30.9 Å². The minimum absolute atomic E-state index is 0.137. The van der Waals surface area contributed by atoms with Crippen LogP contribution in [0.5, 0.6) is 0 Å². The summed E-state index contributed by atoms with van der Waals surface area (Å²) in [6.45, 7) is 3.11. The van der Waals surface area contributed by atoms with Crippen molar-refractivity contribution in [3.63, 3.8) is 0 Å². The Morgan fingerprint density at radius 1 is 1.30 bits per heavy atom. The quantitative estimate of drug-likeness (QED) is 0.696. The van der Waals surface area contributed by atoms with E-state index in [-0.39, 0.29) is 11.9 Å². The molecule has 0 radical (unpaired) electrons. The zero-order valence-corrected chi connectivity index (χ0v) is 13.7. The molecule has 0 aromatic heterocycles. The second kappa shape index (κ2) is 7.94. The van der Waals surface area contributed by atoms with Crippen molar-refractivity contribution in [1.29, 1.82) is 0 Å². The zero-order valence-electron chi connectivity index (χ0n) is 12.1. The van der Waals surface area contributed by atoms with Gasteiger partial charge in [0.2, 0.25) is 0 Å². The molecule has 0 saturated carbocycles. The average molecular weight is 340 g/mol. The van der Waals surface area contributed by atoms with Gasteiger partial charge in [-0.1, -0.05) is 37.1 Å². The van der Waals surface area contributed by atoms with Crippen LogP contribution in [0.15, 0.2) is 34.3 Å². The predicted octanol–water partition coefficient (Wildman–Crippen LogP) is 5.52. The fraction of sp³-hybridized carbons (Fsp3) is 0.529. The molecule has 1 atom stereocenters. The molecule has 0 spiro atoms. The smallest absolute Gasteiger partial charge is 0.137 e. The molecule has 0 bridgehead atoms. The second-order valence-electron chi connectivity index (χ2n) is 5.41. The highest BCUT2D eigenvalue weighted by Gasteiger charge is 2.20. The number of rotatable bonds is 5. The summed E-state index contributed by atoms with van der Waals surface area (Å²) in [5.41, 5.74) is 2.44. The van der Waals surface area contributed by atoms with E-state index in [0.717, 1.165) is 31.4 Å². The molecule has 0 fully saturated rings. The SMILES string of the molecule is CCCNC(C1=CCCCCC1)c1cccc(F)c1Br. The van der Waals surface area contributed by atoms with Gasteiger partial charge < -0.3 is 5.32 Å². The number of halogens is 2. The van der Waals surface area contributed by atoms with Crippen LogP contribution >= 0.6 is 15.9 Å². The van der Waals surface area contributed by atoms with E-state index in [0.29, 0.717) is 4.47 Å². The standard InChI is InChI=1S/C17H23BrFN/c1-2-12-20-17(13-8-5-3-4-6-9-13)14-10-7-11-15(19)16(14)18/h7-8,10-11,17,20H,2-6,9,12H2,1H3. The molecule has 20 heavy (non-hydrogen) atoms. The molecule has 0 amide bonds. The Morgan fingerprint density at radius 2 is 2.15 bits per heavy atom. The Morgan fingerprint density at radius 3 is 2.95 bits per heavy atom.